The zero-order chi connectivity index (χ0) is 21.4. The van der Waals surface area contributed by atoms with Crippen molar-refractivity contribution in [2.24, 2.45) is 0 Å². The number of fused-ring (bicyclic) bond motifs is 3. The molecule has 0 spiro atoms. The highest BCUT2D eigenvalue weighted by atomic mass is 16.5. The Labute approximate surface area is 176 Å². The van der Waals surface area contributed by atoms with Crippen molar-refractivity contribution in [3.63, 3.8) is 0 Å². The fourth-order valence-electron chi connectivity index (χ4n) is 3.62. The number of hydrogen-bond donors (Lipinski definition) is 0. The summed E-state index contributed by atoms with van der Waals surface area (Å²) in [6.45, 7) is 13.8. The Hall–Kier alpha value is -3.29. The highest BCUT2D eigenvalue weighted by molar-refractivity contribution is 5.77. The van der Waals surface area contributed by atoms with E-state index in [9.17, 15) is 0 Å². The SMILES string of the molecule is C=C(OCC)c1cc2c(cc1OC)OCCn1cc(-c3nc(C)nn3C(C)C)nc1-2. The van der Waals surface area contributed by atoms with Crippen LogP contribution < -0.4 is 9.47 Å². The van der Waals surface area contributed by atoms with Gasteiger partial charge in [0, 0.05) is 18.3 Å². The summed E-state index contributed by atoms with van der Waals surface area (Å²) in [5.74, 6) is 4.22. The standard InChI is InChI=1S/C22H27N5O3/c1-7-29-14(4)16-10-17-20(11-19(16)28-6)30-9-8-26-12-18(24-21(17)26)22-23-15(5)25-27(22)13(2)3/h10-13H,4,7-9H2,1-3,5-6H3. The van der Waals surface area contributed by atoms with Gasteiger partial charge in [-0.05, 0) is 33.8 Å². The topological polar surface area (TPSA) is 76.2 Å². The second kappa shape index (κ2) is 7.85. The van der Waals surface area contributed by atoms with E-state index in [4.69, 9.17) is 19.2 Å². The molecule has 0 aliphatic carbocycles. The highest BCUT2D eigenvalue weighted by Crippen LogP contribution is 2.40. The molecule has 1 aromatic carbocycles. The molecule has 158 valence electrons. The van der Waals surface area contributed by atoms with Crippen molar-refractivity contribution in [1.82, 2.24) is 24.3 Å². The van der Waals surface area contributed by atoms with Crippen LogP contribution in [0.2, 0.25) is 0 Å². The predicted octanol–water partition coefficient (Wildman–Crippen LogP) is 4.11. The number of imidazole rings is 1. The van der Waals surface area contributed by atoms with E-state index in [1.807, 2.05) is 36.9 Å². The van der Waals surface area contributed by atoms with Crippen LogP contribution in [0, 0.1) is 6.92 Å². The number of rotatable bonds is 6. The van der Waals surface area contributed by atoms with Gasteiger partial charge in [0.05, 0.1) is 31.4 Å². The molecule has 0 fully saturated rings. The van der Waals surface area contributed by atoms with Gasteiger partial charge in [-0.3, -0.25) is 0 Å². The Bertz CT molecular complexity index is 1100. The minimum atomic E-state index is 0.184. The zero-order valence-corrected chi connectivity index (χ0v) is 18.1. The van der Waals surface area contributed by atoms with Gasteiger partial charge < -0.3 is 18.8 Å². The van der Waals surface area contributed by atoms with Crippen LogP contribution in [0.25, 0.3) is 28.7 Å². The number of aryl methyl sites for hydroxylation is 1. The van der Waals surface area contributed by atoms with Gasteiger partial charge in [-0.15, -0.1) is 0 Å². The Morgan fingerprint density at radius 3 is 2.77 bits per heavy atom. The van der Waals surface area contributed by atoms with Crippen molar-refractivity contribution in [1.29, 1.82) is 0 Å². The molecule has 0 bridgehead atoms. The average Bonchev–Trinajstić information content (AvgIpc) is 3.27. The fraction of sp³-hybridized carbons (Fsp3) is 0.409. The van der Waals surface area contributed by atoms with Crippen LogP contribution >= 0.6 is 0 Å². The third-order valence-corrected chi connectivity index (χ3v) is 4.98. The normalized spacial score (nSPS) is 12.7. The molecule has 8 heteroatoms. The van der Waals surface area contributed by atoms with Gasteiger partial charge in [0.1, 0.15) is 41.2 Å². The summed E-state index contributed by atoms with van der Waals surface area (Å²) in [7, 11) is 1.63. The molecule has 1 aliphatic rings. The summed E-state index contributed by atoms with van der Waals surface area (Å²) >= 11 is 0. The first kappa shape index (κ1) is 20.0. The second-order valence-corrected chi connectivity index (χ2v) is 7.42. The van der Waals surface area contributed by atoms with E-state index in [-0.39, 0.29) is 6.04 Å². The van der Waals surface area contributed by atoms with Crippen molar-refractivity contribution in [3.05, 3.63) is 36.3 Å². The first-order valence-electron chi connectivity index (χ1n) is 10.1. The zero-order valence-electron chi connectivity index (χ0n) is 18.1. The van der Waals surface area contributed by atoms with E-state index in [0.717, 1.165) is 40.0 Å². The molecular formula is C22H27N5O3. The van der Waals surface area contributed by atoms with E-state index < -0.39 is 0 Å². The van der Waals surface area contributed by atoms with Gasteiger partial charge >= 0.3 is 0 Å². The summed E-state index contributed by atoms with van der Waals surface area (Å²) < 4.78 is 21.2. The molecule has 3 aromatic rings. The molecule has 4 rings (SSSR count). The smallest absolute Gasteiger partial charge is 0.178 e. The molecule has 3 heterocycles. The van der Waals surface area contributed by atoms with Crippen LogP contribution in [0.1, 0.15) is 38.2 Å². The maximum absolute atomic E-state index is 5.99. The van der Waals surface area contributed by atoms with Gasteiger partial charge in [0.25, 0.3) is 0 Å². The molecule has 0 amide bonds. The Morgan fingerprint density at radius 2 is 2.07 bits per heavy atom. The van der Waals surface area contributed by atoms with Crippen LogP contribution in [0.4, 0.5) is 0 Å². The largest absolute Gasteiger partial charge is 0.496 e. The second-order valence-electron chi connectivity index (χ2n) is 7.42. The average molecular weight is 409 g/mol. The number of nitrogens with zero attached hydrogens (tertiary/aromatic N) is 5. The van der Waals surface area contributed by atoms with Crippen LogP contribution in [0.3, 0.4) is 0 Å². The van der Waals surface area contributed by atoms with Gasteiger partial charge in [-0.25, -0.2) is 14.6 Å². The number of ether oxygens (including phenoxy) is 3. The quantitative estimate of drug-likeness (QED) is 0.571. The lowest BCUT2D eigenvalue weighted by atomic mass is 10.1. The third-order valence-electron chi connectivity index (χ3n) is 4.98. The van der Waals surface area contributed by atoms with Gasteiger partial charge in [0.2, 0.25) is 0 Å². The van der Waals surface area contributed by atoms with Crippen molar-refractivity contribution in [2.75, 3.05) is 20.3 Å². The summed E-state index contributed by atoms with van der Waals surface area (Å²) in [4.78, 5) is 9.54. The lowest BCUT2D eigenvalue weighted by molar-refractivity contribution is 0.294. The fourth-order valence-corrected chi connectivity index (χ4v) is 3.62. The summed E-state index contributed by atoms with van der Waals surface area (Å²) in [6, 6.07) is 4.03. The van der Waals surface area contributed by atoms with E-state index in [0.29, 0.717) is 31.3 Å². The minimum absolute atomic E-state index is 0.184. The number of hydrogen-bond acceptors (Lipinski definition) is 6. The Balaban J connectivity index is 1.86. The molecule has 0 saturated carbocycles. The molecular weight excluding hydrogens is 382 g/mol. The molecule has 0 saturated heterocycles. The first-order chi connectivity index (χ1) is 14.4. The van der Waals surface area contributed by atoms with Crippen molar-refractivity contribution >= 4 is 5.76 Å². The molecule has 0 N–H and O–H groups in total. The van der Waals surface area contributed by atoms with Crippen molar-refractivity contribution in [2.45, 2.75) is 40.3 Å². The first-order valence-corrected chi connectivity index (χ1v) is 10.1. The molecule has 1 aliphatic heterocycles. The molecule has 8 nitrogen and oxygen atoms in total. The monoisotopic (exact) mass is 409 g/mol. The Kier molecular flexibility index (Phi) is 5.24. The van der Waals surface area contributed by atoms with E-state index in [2.05, 4.69) is 35.1 Å². The van der Waals surface area contributed by atoms with Crippen LogP contribution in [0.5, 0.6) is 11.5 Å². The van der Waals surface area contributed by atoms with E-state index in [1.165, 1.54) is 0 Å². The summed E-state index contributed by atoms with van der Waals surface area (Å²) in [5, 5.41) is 4.52. The molecule has 0 atom stereocenters. The minimum Gasteiger partial charge on any atom is -0.496 e. The molecule has 30 heavy (non-hydrogen) atoms. The maximum atomic E-state index is 5.99. The third kappa shape index (κ3) is 3.42. The summed E-state index contributed by atoms with van der Waals surface area (Å²) in [6.07, 6.45) is 2.01. The molecule has 2 aromatic heterocycles. The van der Waals surface area contributed by atoms with Crippen molar-refractivity contribution < 1.29 is 14.2 Å². The van der Waals surface area contributed by atoms with Crippen LogP contribution in [-0.4, -0.2) is 44.6 Å². The predicted molar refractivity (Wildman–Crippen MR) is 115 cm³/mol. The lowest BCUT2D eigenvalue weighted by Gasteiger charge is -2.15. The van der Waals surface area contributed by atoms with Gasteiger partial charge in [-0.1, -0.05) is 6.58 Å². The maximum Gasteiger partial charge on any atom is 0.178 e. The van der Waals surface area contributed by atoms with E-state index >= 15 is 0 Å². The van der Waals surface area contributed by atoms with Crippen LogP contribution in [-0.2, 0) is 11.3 Å². The lowest BCUT2D eigenvalue weighted by Crippen LogP contribution is -2.06. The number of aromatic nitrogens is 5. The van der Waals surface area contributed by atoms with Gasteiger partial charge in [0.15, 0.2) is 5.82 Å². The highest BCUT2D eigenvalue weighted by Gasteiger charge is 2.24. The van der Waals surface area contributed by atoms with Crippen molar-refractivity contribution in [3.8, 4) is 34.4 Å². The number of methoxy groups -OCH3 is 1. The van der Waals surface area contributed by atoms with Crippen LogP contribution in [0.15, 0.2) is 24.9 Å². The van der Waals surface area contributed by atoms with E-state index in [1.54, 1.807) is 7.11 Å². The Morgan fingerprint density at radius 1 is 1.27 bits per heavy atom. The molecule has 0 radical (unpaired) electrons. The molecule has 0 unspecified atom stereocenters. The van der Waals surface area contributed by atoms with Gasteiger partial charge in [-0.2, -0.15) is 5.10 Å². The summed E-state index contributed by atoms with van der Waals surface area (Å²) in [5.41, 5.74) is 2.43. The number of benzene rings is 1.